The van der Waals surface area contributed by atoms with Crippen molar-refractivity contribution in [3.8, 4) is 5.75 Å². The third-order valence-electron chi connectivity index (χ3n) is 1.62. The van der Waals surface area contributed by atoms with Crippen LogP contribution in [0.5, 0.6) is 5.75 Å². The Hall–Kier alpha value is -1.61. The van der Waals surface area contributed by atoms with Crippen molar-refractivity contribution in [2.24, 2.45) is 0 Å². The molecule has 0 heterocycles. The highest BCUT2D eigenvalue weighted by Gasteiger charge is 2.09. The largest absolute Gasteiger partial charge is 0.426 e. The molecule has 3 heteroatoms. The minimum absolute atomic E-state index is 0.0710. The molecule has 0 saturated heterocycles. The Labute approximate surface area is 82.6 Å². The van der Waals surface area contributed by atoms with Gasteiger partial charge in [0.1, 0.15) is 5.75 Å². The lowest BCUT2D eigenvalue weighted by Crippen LogP contribution is -2.15. The maximum absolute atomic E-state index is 11.2. The lowest BCUT2D eigenvalue weighted by Gasteiger charge is -2.05. The second-order valence-electron chi connectivity index (χ2n) is 2.79. The van der Waals surface area contributed by atoms with Gasteiger partial charge in [0.2, 0.25) is 0 Å². The van der Waals surface area contributed by atoms with Crippen molar-refractivity contribution in [3.63, 3.8) is 0 Å². The first-order valence-electron chi connectivity index (χ1n) is 4.28. The Morgan fingerprint density at radius 1 is 1.50 bits per heavy atom. The highest BCUT2D eigenvalue weighted by molar-refractivity contribution is 5.73. The normalized spacial score (nSPS) is 11.8. The van der Waals surface area contributed by atoms with Crippen molar-refractivity contribution >= 4 is 5.97 Å². The minimum atomic E-state index is -0.841. The van der Waals surface area contributed by atoms with Crippen LogP contribution in [0.25, 0.3) is 0 Å². The number of benzene rings is 1. The van der Waals surface area contributed by atoms with Crippen molar-refractivity contribution in [2.45, 2.75) is 12.5 Å². The summed E-state index contributed by atoms with van der Waals surface area (Å²) in [6, 6.07) is 8.73. The summed E-state index contributed by atoms with van der Waals surface area (Å²) in [5, 5.41) is 9.09. The fourth-order valence-corrected chi connectivity index (χ4v) is 0.916. The van der Waals surface area contributed by atoms with Crippen LogP contribution in [0.15, 0.2) is 43.0 Å². The number of ether oxygens (including phenoxy) is 1. The first-order valence-corrected chi connectivity index (χ1v) is 4.28. The van der Waals surface area contributed by atoms with Crippen molar-refractivity contribution in [2.75, 3.05) is 0 Å². The van der Waals surface area contributed by atoms with Gasteiger partial charge in [0.25, 0.3) is 0 Å². The fraction of sp³-hybridized carbons (Fsp3) is 0.182. The van der Waals surface area contributed by atoms with Gasteiger partial charge in [0.05, 0.1) is 12.5 Å². The van der Waals surface area contributed by atoms with E-state index in [1.165, 1.54) is 6.08 Å². The summed E-state index contributed by atoms with van der Waals surface area (Å²) >= 11 is 0. The summed E-state index contributed by atoms with van der Waals surface area (Å²) in [7, 11) is 0. The summed E-state index contributed by atoms with van der Waals surface area (Å²) < 4.78 is 4.94. The third kappa shape index (κ3) is 3.41. The van der Waals surface area contributed by atoms with Crippen LogP contribution in [0.2, 0.25) is 0 Å². The molecule has 0 bridgehead atoms. The molecule has 1 unspecified atom stereocenters. The number of para-hydroxylation sites is 1. The van der Waals surface area contributed by atoms with Gasteiger partial charge in [-0.05, 0) is 12.1 Å². The molecule has 0 aliphatic heterocycles. The van der Waals surface area contributed by atoms with Crippen LogP contribution in [0.4, 0.5) is 0 Å². The van der Waals surface area contributed by atoms with Crippen LogP contribution in [0.1, 0.15) is 6.42 Å². The molecule has 1 atom stereocenters. The zero-order valence-corrected chi connectivity index (χ0v) is 7.72. The highest BCUT2D eigenvalue weighted by Crippen LogP contribution is 2.09. The topological polar surface area (TPSA) is 46.5 Å². The first kappa shape index (κ1) is 10.5. The van der Waals surface area contributed by atoms with Crippen LogP contribution in [-0.4, -0.2) is 17.2 Å². The van der Waals surface area contributed by atoms with Gasteiger partial charge >= 0.3 is 5.97 Å². The van der Waals surface area contributed by atoms with Gasteiger partial charge in [-0.25, -0.2) is 0 Å². The van der Waals surface area contributed by atoms with E-state index in [1.54, 1.807) is 24.3 Å². The van der Waals surface area contributed by atoms with Crippen molar-refractivity contribution in [3.05, 3.63) is 43.0 Å². The maximum atomic E-state index is 11.2. The molecule has 0 aliphatic carbocycles. The summed E-state index contributed by atoms with van der Waals surface area (Å²) in [4.78, 5) is 11.2. The van der Waals surface area contributed by atoms with E-state index in [0.29, 0.717) is 5.75 Å². The Morgan fingerprint density at radius 3 is 2.71 bits per heavy atom. The predicted octanol–water partition coefficient (Wildman–Crippen LogP) is 1.53. The summed E-state index contributed by atoms with van der Waals surface area (Å²) in [5.41, 5.74) is 0. The molecule has 0 saturated carbocycles. The first-order chi connectivity index (χ1) is 6.72. The number of hydrogen-bond acceptors (Lipinski definition) is 3. The zero-order chi connectivity index (χ0) is 10.4. The Balaban J connectivity index is 2.46. The van der Waals surface area contributed by atoms with Gasteiger partial charge in [-0.2, -0.15) is 0 Å². The minimum Gasteiger partial charge on any atom is -0.426 e. The van der Waals surface area contributed by atoms with Crippen LogP contribution in [0.3, 0.4) is 0 Å². The average molecular weight is 192 g/mol. The molecule has 1 rings (SSSR count). The smallest absolute Gasteiger partial charge is 0.314 e. The number of hydrogen-bond donors (Lipinski definition) is 1. The highest BCUT2D eigenvalue weighted by atomic mass is 16.5. The molecule has 0 amide bonds. The predicted molar refractivity (Wildman–Crippen MR) is 52.9 cm³/mol. The number of carbonyl (C=O) groups is 1. The van der Waals surface area contributed by atoms with Gasteiger partial charge in [0, 0.05) is 0 Å². The second-order valence-corrected chi connectivity index (χ2v) is 2.79. The van der Waals surface area contributed by atoms with Crippen molar-refractivity contribution < 1.29 is 14.6 Å². The van der Waals surface area contributed by atoms with Crippen LogP contribution in [0, 0.1) is 0 Å². The van der Waals surface area contributed by atoms with E-state index in [0.717, 1.165) is 0 Å². The van der Waals surface area contributed by atoms with E-state index in [2.05, 4.69) is 6.58 Å². The van der Waals surface area contributed by atoms with E-state index in [1.807, 2.05) is 6.07 Å². The van der Waals surface area contributed by atoms with Gasteiger partial charge in [0.15, 0.2) is 0 Å². The Kier molecular flexibility index (Phi) is 3.88. The number of esters is 1. The molecule has 0 aromatic heterocycles. The van der Waals surface area contributed by atoms with Gasteiger partial charge in [-0.1, -0.05) is 24.3 Å². The standard InChI is InChI=1S/C11H12O3/c1-2-9(12)8-11(13)14-10-6-4-3-5-7-10/h2-7,9,12H,1,8H2. The molecular formula is C11H12O3. The molecule has 0 radical (unpaired) electrons. The quantitative estimate of drug-likeness (QED) is 0.447. The third-order valence-corrected chi connectivity index (χ3v) is 1.62. The van der Waals surface area contributed by atoms with Crippen molar-refractivity contribution in [1.82, 2.24) is 0 Å². The SMILES string of the molecule is C=CC(O)CC(=O)Oc1ccccc1. The Bertz CT molecular complexity index is 306. The molecule has 0 spiro atoms. The van der Waals surface area contributed by atoms with Gasteiger partial charge < -0.3 is 9.84 Å². The van der Waals surface area contributed by atoms with Crippen LogP contribution >= 0.6 is 0 Å². The Morgan fingerprint density at radius 2 is 2.14 bits per heavy atom. The number of rotatable bonds is 4. The molecule has 1 aromatic carbocycles. The van der Waals surface area contributed by atoms with Gasteiger partial charge in [-0.3, -0.25) is 4.79 Å². The van der Waals surface area contributed by atoms with Gasteiger partial charge in [-0.15, -0.1) is 6.58 Å². The average Bonchev–Trinajstić information content (AvgIpc) is 2.19. The molecule has 1 aromatic rings. The molecule has 14 heavy (non-hydrogen) atoms. The van der Waals surface area contributed by atoms with E-state index in [-0.39, 0.29) is 6.42 Å². The number of aliphatic hydroxyl groups excluding tert-OH is 1. The van der Waals surface area contributed by atoms with E-state index in [4.69, 9.17) is 9.84 Å². The lowest BCUT2D eigenvalue weighted by atomic mass is 10.2. The molecule has 0 aliphatic rings. The van der Waals surface area contributed by atoms with Crippen LogP contribution in [-0.2, 0) is 4.79 Å². The summed E-state index contributed by atoms with van der Waals surface area (Å²) in [6.07, 6.45) is 0.385. The summed E-state index contributed by atoms with van der Waals surface area (Å²) in [6.45, 7) is 3.36. The molecule has 3 nitrogen and oxygen atoms in total. The molecule has 1 N–H and O–H groups in total. The molecule has 0 fully saturated rings. The molecular weight excluding hydrogens is 180 g/mol. The van der Waals surface area contributed by atoms with E-state index >= 15 is 0 Å². The van der Waals surface area contributed by atoms with E-state index < -0.39 is 12.1 Å². The lowest BCUT2D eigenvalue weighted by molar-refractivity contribution is -0.135. The van der Waals surface area contributed by atoms with Crippen molar-refractivity contribution in [1.29, 1.82) is 0 Å². The number of carbonyl (C=O) groups excluding carboxylic acids is 1. The number of aliphatic hydroxyl groups is 1. The monoisotopic (exact) mass is 192 g/mol. The maximum Gasteiger partial charge on any atom is 0.314 e. The van der Waals surface area contributed by atoms with E-state index in [9.17, 15) is 4.79 Å². The zero-order valence-electron chi connectivity index (χ0n) is 7.72. The van der Waals surface area contributed by atoms with Crippen LogP contribution < -0.4 is 4.74 Å². The molecule has 74 valence electrons. The second kappa shape index (κ2) is 5.19. The fourth-order valence-electron chi connectivity index (χ4n) is 0.916. The summed E-state index contributed by atoms with van der Waals surface area (Å²) in [5.74, 6) is 0.0114.